The van der Waals surface area contributed by atoms with E-state index in [0.29, 0.717) is 23.3 Å². The van der Waals surface area contributed by atoms with Gasteiger partial charge in [0, 0.05) is 30.5 Å². The summed E-state index contributed by atoms with van der Waals surface area (Å²) in [7, 11) is 1.55. The van der Waals surface area contributed by atoms with Crippen LogP contribution in [0.4, 0.5) is 13.2 Å². The Morgan fingerprint density at radius 2 is 1.79 bits per heavy atom. The van der Waals surface area contributed by atoms with Crippen LogP contribution in [0.3, 0.4) is 0 Å². The summed E-state index contributed by atoms with van der Waals surface area (Å²) in [5, 5.41) is 2.78. The quantitative estimate of drug-likeness (QED) is 0.907. The maximum Gasteiger partial charge on any atom is 0.433 e. The highest BCUT2D eigenvalue weighted by Crippen LogP contribution is 2.29. The van der Waals surface area contributed by atoms with E-state index >= 15 is 0 Å². The Balaban J connectivity index is 2.10. The first-order valence-electron chi connectivity index (χ1n) is 7.24. The smallest absolute Gasteiger partial charge is 0.383 e. The van der Waals surface area contributed by atoms with E-state index in [1.54, 1.807) is 31.4 Å². The summed E-state index contributed by atoms with van der Waals surface area (Å²) in [5.74, 6) is -0.239. The highest BCUT2D eigenvalue weighted by atomic mass is 19.4. The molecule has 1 amide bonds. The van der Waals surface area contributed by atoms with Crippen molar-refractivity contribution < 1.29 is 22.7 Å². The first kappa shape index (κ1) is 17.9. The van der Waals surface area contributed by atoms with Gasteiger partial charge in [0.2, 0.25) is 0 Å². The van der Waals surface area contributed by atoms with Crippen LogP contribution in [0.15, 0.2) is 42.6 Å². The van der Waals surface area contributed by atoms with Gasteiger partial charge in [-0.3, -0.25) is 9.78 Å². The van der Waals surface area contributed by atoms with Gasteiger partial charge >= 0.3 is 6.18 Å². The number of nitrogens with one attached hydrogen (secondary N) is 1. The van der Waals surface area contributed by atoms with Gasteiger partial charge in [0.05, 0.1) is 6.61 Å². The van der Waals surface area contributed by atoms with Gasteiger partial charge in [0.25, 0.3) is 5.91 Å². The lowest BCUT2D eigenvalue weighted by molar-refractivity contribution is -0.141. The predicted molar refractivity (Wildman–Crippen MR) is 83.5 cm³/mol. The molecule has 2 aromatic rings. The largest absolute Gasteiger partial charge is 0.433 e. The van der Waals surface area contributed by atoms with Crippen molar-refractivity contribution in [3.05, 3.63) is 53.9 Å². The molecule has 4 nitrogen and oxygen atoms in total. The zero-order valence-electron chi connectivity index (χ0n) is 13.2. The lowest BCUT2D eigenvalue weighted by Gasteiger charge is -2.13. The molecular weight excluding hydrogens is 321 g/mol. The van der Waals surface area contributed by atoms with Crippen molar-refractivity contribution in [2.24, 2.45) is 0 Å². The molecule has 0 aliphatic carbocycles. The molecule has 0 saturated heterocycles. The average Bonchev–Trinajstić information content (AvgIpc) is 2.54. The van der Waals surface area contributed by atoms with E-state index in [9.17, 15) is 18.0 Å². The Morgan fingerprint density at radius 3 is 2.29 bits per heavy atom. The Kier molecular flexibility index (Phi) is 5.56. The van der Waals surface area contributed by atoms with Crippen LogP contribution >= 0.6 is 0 Å². The number of alkyl halides is 3. The molecule has 1 aromatic heterocycles. The highest BCUT2D eigenvalue weighted by molar-refractivity contribution is 5.94. The molecule has 1 atom stereocenters. The Bertz CT molecular complexity index is 682. The van der Waals surface area contributed by atoms with E-state index in [4.69, 9.17) is 4.74 Å². The standard InChI is InChI=1S/C17H17F3N2O2/c1-11(10-24-2)22-16(23)13-5-3-12(4-6-13)14-7-8-15(21-9-14)17(18,19)20/h3-9,11H,10H2,1-2H3,(H,22,23)/t11-/m1/s1. The number of carbonyl (C=O) groups excluding carboxylic acids is 1. The summed E-state index contributed by atoms with van der Waals surface area (Å²) >= 11 is 0. The molecule has 0 aliphatic rings. The van der Waals surface area contributed by atoms with E-state index in [1.165, 1.54) is 12.3 Å². The third-order valence-corrected chi connectivity index (χ3v) is 3.33. The summed E-state index contributed by atoms with van der Waals surface area (Å²) < 4.78 is 42.5. The molecule has 128 valence electrons. The molecule has 0 aliphatic heterocycles. The molecule has 24 heavy (non-hydrogen) atoms. The topological polar surface area (TPSA) is 51.2 Å². The number of ether oxygens (including phenoxy) is 1. The molecule has 1 aromatic carbocycles. The lowest BCUT2D eigenvalue weighted by atomic mass is 10.0. The van der Waals surface area contributed by atoms with Crippen LogP contribution in [0.25, 0.3) is 11.1 Å². The number of nitrogens with zero attached hydrogens (tertiary/aromatic N) is 1. The third kappa shape index (κ3) is 4.55. The number of benzene rings is 1. The summed E-state index contributed by atoms with van der Waals surface area (Å²) in [6, 6.07) is 8.72. The van der Waals surface area contributed by atoms with Gasteiger partial charge in [-0.2, -0.15) is 13.2 Å². The van der Waals surface area contributed by atoms with Crippen LogP contribution in [0.1, 0.15) is 23.0 Å². The van der Waals surface area contributed by atoms with Crippen molar-refractivity contribution in [1.29, 1.82) is 0 Å². The minimum atomic E-state index is -4.46. The zero-order chi connectivity index (χ0) is 17.7. The monoisotopic (exact) mass is 338 g/mol. The fraction of sp³-hybridized carbons (Fsp3) is 0.294. The minimum Gasteiger partial charge on any atom is -0.383 e. The number of pyridine rings is 1. The number of rotatable bonds is 5. The van der Waals surface area contributed by atoms with E-state index in [1.807, 2.05) is 6.92 Å². The second-order valence-corrected chi connectivity index (χ2v) is 5.34. The van der Waals surface area contributed by atoms with E-state index in [0.717, 1.165) is 6.07 Å². The second kappa shape index (κ2) is 7.44. The molecule has 0 radical (unpaired) electrons. The van der Waals surface area contributed by atoms with Crippen molar-refractivity contribution >= 4 is 5.91 Å². The van der Waals surface area contributed by atoms with E-state index in [2.05, 4.69) is 10.3 Å². The van der Waals surface area contributed by atoms with Gasteiger partial charge in [-0.15, -0.1) is 0 Å². The highest BCUT2D eigenvalue weighted by Gasteiger charge is 2.32. The van der Waals surface area contributed by atoms with Crippen molar-refractivity contribution in [3.8, 4) is 11.1 Å². The number of aromatic nitrogens is 1. The number of halogens is 3. The zero-order valence-corrected chi connectivity index (χ0v) is 13.2. The molecule has 0 spiro atoms. The number of amides is 1. The van der Waals surface area contributed by atoms with Crippen LogP contribution < -0.4 is 5.32 Å². The number of hydrogen-bond donors (Lipinski definition) is 1. The minimum absolute atomic E-state index is 0.124. The molecule has 0 fully saturated rings. The molecule has 2 rings (SSSR count). The van der Waals surface area contributed by atoms with Gasteiger partial charge in [-0.1, -0.05) is 18.2 Å². The van der Waals surface area contributed by atoms with Gasteiger partial charge in [0.15, 0.2) is 0 Å². The van der Waals surface area contributed by atoms with Gasteiger partial charge < -0.3 is 10.1 Å². The van der Waals surface area contributed by atoms with Crippen molar-refractivity contribution in [1.82, 2.24) is 10.3 Å². The first-order valence-corrected chi connectivity index (χ1v) is 7.24. The second-order valence-electron chi connectivity index (χ2n) is 5.34. The normalized spacial score (nSPS) is 12.7. The molecule has 7 heteroatoms. The number of carbonyl (C=O) groups is 1. The Labute approximate surface area is 137 Å². The van der Waals surface area contributed by atoms with Crippen LogP contribution in [0, 0.1) is 0 Å². The number of hydrogen-bond acceptors (Lipinski definition) is 3. The van der Waals surface area contributed by atoms with Crippen LogP contribution in [-0.2, 0) is 10.9 Å². The van der Waals surface area contributed by atoms with E-state index < -0.39 is 11.9 Å². The van der Waals surface area contributed by atoms with Gasteiger partial charge in [-0.05, 0) is 30.7 Å². The molecule has 1 N–H and O–H groups in total. The molecule has 0 unspecified atom stereocenters. The van der Waals surface area contributed by atoms with Crippen LogP contribution in [0.2, 0.25) is 0 Å². The fourth-order valence-corrected chi connectivity index (χ4v) is 2.15. The summed E-state index contributed by atoms with van der Waals surface area (Å²) in [5.41, 5.74) is 0.747. The molecular formula is C17H17F3N2O2. The maximum atomic E-state index is 12.5. The predicted octanol–water partition coefficient (Wildman–Crippen LogP) is 3.53. The van der Waals surface area contributed by atoms with Crippen molar-refractivity contribution in [2.75, 3.05) is 13.7 Å². The fourth-order valence-electron chi connectivity index (χ4n) is 2.15. The van der Waals surface area contributed by atoms with Crippen LogP contribution in [-0.4, -0.2) is 30.6 Å². The van der Waals surface area contributed by atoms with Crippen molar-refractivity contribution in [3.63, 3.8) is 0 Å². The van der Waals surface area contributed by atoms with Gasteiger partial charge in [0.1, 0.15) is 5.69 Å². The summed E-state index contributed by atoms with van der Waals surface area (Å²) in [6.07, 6.45) is -3.29. The number of methoxy groups -OCH3 is 1. The van der Waals surface area contributed by atoms with Crippen molar-refractivity contribution in [2.45, 2.75) is 19.1 Å². The lowest BCUT2D eigenvalue weighted by Crippen LogP contribution is -2.35. The Morgan fingerprint density at radius 1 is 1.17 bits per heavy atom. The molecule has 0 saturated carbocycles. The van der Waals surface area contributed by atoms with Crippen LogP contribution in [0.5, 0.6) is 0 Å². The first-order chi connectivity index (χ1) is 11.3. The van der Waals surface area contributed by atoms with Gasteiger partial charge in [-0.25, -0.2) is 0 Å². The van der Waals surface area contributed by atoms with E-state index in [-0.39, 0.29) is 11.9 Å². The summed E-state index contributed by atoms with van der Waals surface area (Å²) in [4.78, 5) is 15.5. The third-order valence-electron chi connectivity index (χ3n) is 3.33. The molecule has 1 heterocycles. The maximum absolute atomic E-state index is 12.5. The molecule has 0 bridgehead atoms. The summed E-state index contributed by atoms with van der Waals surface area (Å²) in [6.45, 7) is 2.23. The Hall–Kier alpha value is -2.41. The SMILES string of the molecule is COC[C@@H](C)NC(=O)c1ccc(-c2ccc(C(F)(F)F)nc2)cc1. The average molecular weight is 338 g/mol.